The monoisotopic (exact) mass is 423 g/mol. The van der Waals surface area contributed by atoms with Gasteiger partial charge in [0.05, 0.1) is 13.2 Å². The van der Waals surface area contributed by atoms with Gasteiger partial charge in [-0.05, 0) is 68.3 Å². The summed E-state index contributed by atoms with van der Waals surface area (Å²) < 4.78 is 11.3. The molecule has 7 heteroatoms. The molecular formula is C24H29N3O4. The van der Waals surface area contributed by atoms with E-state index < -0.39 is 0 Å². The minimum absolute atomic E-state index is 0.0536. The van der Waals surface area contributed by atoms with Gasteiger partial charge in [-0.1, -0.05) is 0 Å². The van der Waals surface area contributed by atoms with Gasteiger partial charge in [0.15, 0.2) is 0 Å². The van der Waals surface area contributed by atoms with Crippen LogP contribution in [0.25, 0.3) is 0 Å². The number of piperazine rings is 1. The van der Waals surface area contributed by atoms with Gasteiger partial charge in [-0.15, -0.1) is 0 Å². The van der Waals surface area contributed by atoms with E-state index in [1.165, 1.54) is 0 Å². The minimum atomic E-state index is -0.0536. The number of amides is 2. The maximum Gasteiger partial charge on any atom is 0.238 e. The van der Waals surface area contributed by atoms with Gasteiger partial charge in [0.25, 0.3) is 0 Å². The molecule has 0 bridgehead atoms. The second kappa shape index (κ2) is 9.83. The summed E-state index contributed by atoms with van der Waals surface area (Å²) in [5.74, 6) is 2.72. The van der Waals surface area contributed by atoms with Crippen molar-refractivity contribution in [1.82, 2.24) is 9.80 Å². The third kappa shape index (κ3) is 5.98. The average Bonchev–Trinajstić information content (AvgIpc) is 3.62. The zero-order valence-electron chi connectivity index (χ0n) is 17.9. The molecule has 0 spiro atoms. The molecule has 7 nitrogen and oxygen atoms in total. The van der Waals surface area contributed by atoms with Crippen LogP contribution in [0.2, 0.25) is 0 Å². The van der Waals surface area contributed by atoms with E-state index in [9.17, 15) is 9.59 Å². The Morgan fingerprint density at radius 2 is 1.48 bits per heavy atom. The van der Waals surface area contributed by atoms with E-state index in [2.05, 4.69) is 10.2 Å². The largest absolute Gasteiger partial charge is 0.494 e. The van der Waals surface area contributed by atoms with Crippen molar-refractivity contribution in [3.05, 3.63) is 48.5 Å². The van der Waals surface area contributed by atoms with Crippen LogP contribution in [-0.2, 0) is 9.59 Å². The van der Waals surface area contributed by atoms with Crippen LogP contribution < -0.4 is 14.8 Å². The molecule has 1 heterocycles. The number of carbonyl (C=O) groups is 2. The van der Waals surface area contributed by atoms with Crippen molar-refractivity contribution < 1.29 is 19.1 Å². The molecule has 2 aromatic rings. The number of carbonyl (C=O) groups excluding carboxylic acids is 2. The Bertz CT molecular complexity index is 886. The van der Waals surface area contributed by atoms with Crippen LogP contribution in [0.4, 0.5) is 5.69 Å². The van der Waals surface area contributed by atoms with Crippen LogP contribution >= 0.6 is 0 Å². The van der Waals surface area contributed by atoms with Crippen molar-refractivity contribution in [2.45, 2.75) is 19.8 Å². The molecule has 1 aliphatic heterocycles. The first-order valence-corrected chi connectivity index (χ1v) is 10.9. The van der Waals surface area contributed by atoms with Gasteiger partial charge >= 0.3 is 0 Å². The molecule has 1 N–H and O–H groups in total. The number of benzene rings is 2. The minimum Gasteiger partial charge on any atom is -0.494 e. The first-order chi connectivity index (χ1) is 15.1. The lowest BCUT2D eigenvalue weighted by atomic mass is 10.2. The van der Waals surface area contributed by atoms with Crippen molar-refractivity contribution >= 4 is 17.5 Å². The number of anilines is 1. The smallest absolute Gasteiger partial charge is 0.238 e. The highest BCUT2D eigenvalue weighted by atomic mass is 16.5. The molecule has 2 aliphatic rings. The number of ether oxygens (including phenoxy) is 2. The van der Waals surface area contributed by atoms with E-state index in [-0.39, 0.29) is 17.7 Å². The SMILES string of the molecule is CCOc1ccc(Oc2ccc(NC(=O)CN3CCN(C(=O)C4CC4)CC3)cc2)cc1. The maximum atomic E-state index is 12.4. The van der Waals surface area contributed by atoms with Crippen LogP contribution in [0.15, 0.2) is 48.5 Å². The summed E-state index contributed by atoms with van der Waals surface area (Å²) >= 11 is 0. The Kier molecular flexibility index (Phi) is 6.72. The summed E-state index contributed by atoms with van der Waals surface area (Å²) in [5, 5.41) is 2.93. The van der Waals surface area contributed by atoms with E-state index in [4.69, 9.17) is 9.47 Å². The standard InChI is InChI=1S/C24H29N3O4/c1-2-30-20-9-11-22(12-10-20)31-21-7-5-19(6-8-21)25-23(28)17-26-13-15-27(16-14-26)24(29)18-3-4-18/h5-12,18H,2-4,13-17H2,1H3,(H,25,28). The van der Waals surface area contributed by atoms with Gasteiger partial charge < -0.3 is 19.7 Å². The lowest BCUT2D eigenvalue weighted by Gasteiger charge is -2.34. The Balaban J connectivity index is 1.21. The van der Waals surface area contributed by atoms with Gasteiger partial charge in [-0.25, -0.2) is 0 Å². The van der Waals surface area contributed by atoms with Gasteiger partial charge in [0.1, 0.15) is 17.2 Å². The highest BCUT2D eigenvalue weighted by Crippen LogP contribution is 2.31. The van der Waals surface area contributed by atoms with E-state index in [0.717, 1.165) is 43.1 Å². The summed E-state index contributed by atoms with van der Waals surface area (Å²) in [6.45, 7) is 5.80. The van der Waals surface area contributed by atoms with E-state index >= 15 is 0 Å². The van der Waals surface area contributed by atoms with Crippen molar-refractivity contribution in [3.63, 3.8) is 0 Å². The fourth-order valence-electron chi connectivity index (χ4n) is 3.63. The molecule has 31 heavy (non-hydrogen) atoms. The summed E-state index contributed by atoms with van der Waals surface area (Å²) in [5.41, 5.74) is 0.728. The van der Waals surface area contributed by atoms with Crippen molar-refractivity contribution in [3.8, 4) is 17.2 Å². The fraction of sp³-hybridized carbons (Fsp3) is 0.417. The predicted molar refractivity (Wildman–Crippen MR) is 119 cm³/mol. The zero-order chi connectivity index (χ0) is 21.6. The second-order valence-corrected chi connectivity index (χ2v) is 7.95. The molecular weight excluding hydrogens is 394 g/mol. The van der Waals surface area contributed by atoms with Crippen LogP contribution in [0.5, 0.6) is 17.2 Å². The fourth-order valence-corrected chi connectivity index (χ4v) is 3.63. The van der Waals surface area contributed by atoms with E-state index in [1.54, 1.807) is 0 Å². The molecule has 0 radical (unpaired) electrons. The van der Waals surface area contributed by atoms with Gasteiger partial charge in [-0.2, -0.15) is 0 Å². The molecule has 0 unspecified atom stereocenters. The highest BCUT2D eigenvalue weighted by molar-refractivity contribution is 5.92. The third-order valence-electron chi connectivity index (χ3n) is 5.49. The normalized spacial score (nSPS) is 16.6. The molecule has 2 fully saturated rings. The molecule has 1 saturated heterocycles. The Morgan fingerprint density at radius 1 is 0.903 bits per heavy atom. The zero-order valence-corrected chi connectivity index (χ0v) is 17.9. The first-order valence-electron chi connectivity index (χ1n) is 10.9. The Hall–Kier alpha value is -3.06. The maximum absolute atomic E-state index is 12.4. The number of hydrogen-bond donors (Lipinski definition) is 1. The van der Waals surface area contributed by atoms with Crippen molar-refractivity contribution in [1.29, 1.82) is 0 Å². The molecule has 1 saturated carbocycles. The molecule has 4 rings (SSSR count). The predicted octanol–water partition coefficient (Wildman–Crippen LogP) is 3.37. The van der Waals surface area contributed by atoms with Crippen LogP contribution in [0, 0.1) is 5.92 Å². The summed E-state index contributed by atoms with van der Waals surface area (Å²) in [6, 6.07) is 14.8. The molecule has 2 amide bonds. The number of rotatable bonds is 8. The lowest BCUT2D eigenvalue weighted by Crippen LogP contribution is -2.50. The van der Waals surface area contributed by atoms with Gasteiger partial charge in [0, 0.05) is 37.8 Å². The van der Waals surface area contributed by atoms with Crippen LogP contribution in [-0.4, -0.2) is 60.9 Å². The Morgan fingerprint density at radius 3 is 2.06 bits per heavy atom. The number of nitrogens with one attached hydrogen (secondary N) is 1. The summed E-state index contributed by atoms with van der Waals surface area (Å²) in [6.07, 6.45) is 2.07. The van der Waals surface area contributed by atoms with Crippen molar-refractivity contribution in [2.24, 2.45) is 5.92 Å². The van der Waals surface area contributed by atoms with Gasteiger partial charge in [0.2, 0.25) is 11.8 Å². The summed E-state index contributed by atoms with van der Waals surface area (Å²) in [4.78, 5) is 28.6. The molecule has 2 aromatic carbocycles. The number of hydrogen-bond acceptors (Lipinski definition) is 5. The second-order valence-electron chi connectivity index (χ2n) is 7.95. The van der Waals surface area contributed by atoms with Crippen molar-refractivity contribution in [2.75, 3.05) is 44.6 Å². The van der Waals surface area contributed by atoms with E-state index in [1.807, 2.05) is 60.4 Å². The highest BCUT2D eigenvalue weighted by Gasteiger charge is 2.34. The molecule has 0 atom stereocenters. The van der Waals surface area contributed by atoms with E-state index in [0.29, 0.717) is 32.0 Å². The molecule has 0 aromatic heterocycles. The Labute approximate surface area is 182 Å². The molecule has 1 aliphatic carbocycles. The molecule has 164 valence electrons. The first kappa shape index (κ1) is 21.2. The summed E-state index contributed by atoms with van der Waals surface area (Å²) in [7, 11) is 0. The third-order valence-corrected chi connectivity index (χ3v) is 5.49. The van der Waals surface area contributed by atoms with Crippen LogP contribution in [0.3, 0.4) is 0 Å². The topological polar surface area (TPSA) is 71.1 Å². The lowest BCUT2D eigenvalue weighted by molar-refractivity contribution is -0.134. The number of nitrogens with zero attached hydrogens (tertiary/aromatic N) is 2. The average molecular weight is 424 g/mol. The quantitative estimate of drug-likeness (QED) is 0.705. The van der Waals surface area contributed by atoms with Gasteiger partial charge in [-0.3, -0.25) is 14.5 Å². The van der Waals surface area contributed by atoms with Crippen LogP contribution in [0.1, 0.15) is 19.8 Å².